The zero-order valence-corrected chi connectivity index (χ0v) is 9.39. The molecule has 1 aromatic rings. The first kappa shape index (κ1) is 11.2. The van der Waals surface area contributed by atoms with Gasteiger partial charge in [-0.25, -0.2) is 0 Å². The molecule has 88 valence electrons. The molecule has 1 saturated heterocycles. The lowest BCUT2D eigenvalue weighted by molar-refractivity contribution is -0.183. The number of ether oxygens (including phenoxy) is 1. The number of nitrogens with zero attached hydrogens (tertiary/aromatic N) is 1. The van der Waals surface area contributed by atoms with Crippen LogP contribution in [0.3, 0.4) is 0 Å². The van der Waals surface area contributed by atoms with E-state index in [2.05, 4.69) is 0 Å². The molecule has 1 aliphatic rings. The predicted molar refractivity (Wildman–Crippen MR) is 63.1 cm³/mol. The number of hydrogen-bond donors (Lipinski definition) is 1. The van der Waals surface area contributed by atoms with E-state index in [0.29, 0.717) is 6.61 Å². The van der Waals surface area contributed by atoms with Crippen molar-refractivity contribution < 1.29 is 9.57 Å². The van der Waals surface area contributed by atoms with E-state index in [1.54, 1.807) is 0 Å². The highest BCUT2D eigenvalue weighted by Gasteiger charge is 2.10. The first-order valence-corrected chi connectivity index (χ1v) is 5.71. The van der Waals surface area contributed by atoms with Crippen LogP contribution in [0.5, 0.6) is 5.75 Å². The molecule has 0 saturated carbocycles. The molecule has 1 aliphatic heterocycles. The Hall–Kier alpha value is -1.26. The Morgan fingerprint density at radius 1 is 1.25 bits per heavy atom. The van der Waals surface area contributed by atoms with Crippen LogP contribution in [0, 0.1) is 0 Å². The van der Waals surface area contributed by atoms with E-state index < -0.39 is 0 Å². The van der Waals surface area contributed by atoms with Crippen molar-refractivity contribution in [2.24, 2.45) is 0 Å². The summed E-state index contributed by atoms with van der Waals surface area (Å²) in [5, 5.41) is 1.97. The number of rotatable bonds is 4. The Bertz CT molecular complexity index is 307. The second-order valence-corrected chi connectivity index (χ2v) is 3.89. The lowest BCUT2D eigenvalue weighted by Gasteiger charge is -2.25. The van der Waals surface area contributed by atoms with Crippen molar-refractivity contribution in [3.8, 4) is 5.75 Å². The molecule has 1 heterocycles. The summed E-state index contributed by atoms with van der Waals surface area (Å²) in [5.41, 5.74) is 6.34. The maximum atomic E-state index is 5.59. The number of nitrogens with two attached hydrogens (primary N) is 1. The molecule has 4 nitrogen and oxygen atoms in total. The van der Waals surface area contributed by atoms with E-state index in [1.807, 2.05) is 29.3 Å². The average Bonchev–Trinajstić information content (AvgIpc) is 2.33. The molecule has 1 fully saturated rings. The van der Waals surface area contributed by atoms with E-state index in [-0.39, 0.29) is 0 Å². The van der Waals surface area contributed by atoms with Crippen molar-refractivity contribution in [2.75, 3.05) is 32.0 Å². The Morgan fingerprint density at radius 2 is 2.06 bits per heavy atom. The van der Waals surface area contributed by atoms with Gasteiger partial charge in [0.1, 0.15) is 12.4 Å². The molecule has 2 rings (SSSR count). The van der Waals surface area contributed by atoms with Gasteiger partial charge in [0.15, 0.2) is 0 Å². The average molecular weight is 222 g/mol. The van der Waals surface area contributed by atoms with Gasteiger partial charge in [0.05, 0.1) is 13.2 Å². The molecule has 4 heteroatoms. The fraction of sp³-hybridized carbons (Fsp3) is 0.500. The molecular formula is C12H18N2O2. The zero-order valence-electron chi connectivity index (χ0n) is 9.39. The number of benzene rings is 1. The quantitative estimate of drug-likeness (QED) is 0.787. The Kier molecular flexibility index (Phi) is 4.02. The minimum absolute atomic E-state index is 0.643. The molecule has 16 heavy (non-hydrogen) atoms. The summed E-state index contributed by atoms with van der Waals surface area (Å²) in [5.74, 6) is 0.853. The number of hydrogen-bond acceptors (Lipinski definition) is 4. The van der Waals surface area contributed by atoms with Crippen molar-refractivity contribution in [2.45, 2.75) is 12.8 Å². The topological polar surface area (TPSA) is 47.7 Å². The SMILES string of the molecule is Nc1ccc(OCCN2CCCCO2)cc1. The maximum absolute atomic E-state index is 5.59. The van der Waals surface area contributed by atoms with Gasteiger partial charge in [-0.05, 0) is 37.1 Å². The minimum Gasteiger partial charge on any atom is -0.492 e. The molecule has 0 radical (unpaired) electrons. The molecule has 0 amide bonds. The summed E-state index contributed by atoms with van der Waals surface area (Å²) in [7, 11) is 0. The van der Waals surface area contributed by atoms with Gasteiger partial charge >= 0.3 is 0 Å². The monoisotopic (exact) mass is 222 g/mol. The number of anilines is 1. The fourth-order valence-corrected chi connectivity index (χ4v) is 1.65. The van der Waals surface area contributed by atoms with Gasteiger partial charge in [0.25, 0.3) is 0 Å². The van der Waals surface area contributed by atoms with Crippen molar-refractivity contribution in [1.29, 1.82) is 0 Å². The van der Waals surface area contributed by atoms with Crippen LogP contribution in [-0.2, 0) is 4.84 Å². The van der Waals surface area contributed by atoms with Crippen LogP contribution < -0.4 is 10.5 Å². The smallest absolute Gasteiger partial charge is 0.119 e. The maximum Gasteiger partial charge on any atom is 0.119 e. The van der Waals surface area contributed by atoms with Crippen molar-refractivity contribution in [3.05, 3.63) is 24.3 Å². The van der Waals surface area contributed by atoms with Gasteiger partial charge in [-0.2, -0.15) is 5.06 Å². The first-order valence-electron chi connectivity index (χ1n) is 5.71. The minimum atomic E-state index is 0.643. The van der Waals surface area contributed by atoms with Crippen LogP contribution >= 0.6 is 0 Å². The van der Waals surface area contributed by atoms with Crippen LogP contribution in [-0.4, -0.2) is 31.4 Å². The molecule has 0 spiro atoms. The highest BCUT2D eigenvalue weighted by Crippen LogP contribution is 2.13. The summed E-state index contributed by atoms with van der Waals surface area (Å²) in [6, 6.07) is 7.44. The molecule has 2 N–H and O–H groups in total. The van der Waals surface area contributed by atoms with Gasteiger partial charge in [0, 0.05) is 12.2 Å². The van der Waals surface area contributed by atoms with Crippen molar-refractivity contribution in [1.82, 2.24) is 5.06 Å². The first-order chi connectivity index (χ1) is 7.84. The molecule has 0 unspecified atom stereocenters. The second-order valence-electron chi connectivity index (χ2n) is 3.89. The summed E-state index contributed by atoms with van der Waals surface area (Å²) in [6.07, 6.45) is 2.37. The fourth-order valence-electron chi connectivity index (χ4n) is 1.65. The van der Waals surface area contributed by atoms with Crippen LogP contribution in [0.1, 0.15) is 12.8 Å². The van der Waals surface area contributed by atoms with E-state index in [0.717, 1.165) is 37.6 Å². The van der Waals surface area contributed by atoms with E-state index in [9.17, 15) is 0 Å². The molecular weight excluding hydrogens is 204 g/mol. The third-order valence-electron chi connectivity index (χ3n) is 2.57. The third-order valence-corrected chi connectivity index (χ3v) is 2.57. The Labute approximate surface area is 95.9 Å². The number of hydroxylamine groups is 2. The van der Waals surface area contributed by atoms with Crippen molar-refractivity contribution in [3.63, 3.8) is 0 Å². The van der Waals surface area contributed by atoms with Crippen LogP contribution in [0.15, 0.2) is 24.3 Å². The van der Waals surface area contributed by atoms with Gasteiger partial charge in [-0.15, -0.1) is 0 Å². The van der Waals surface area contributed by atoms with E-state index >= 15 is 0 Å². The zero-order chi connectivity index (χ0) is 11.2. The van der Waals surface area contributed by atoms with Crippen molar-refractivity contribution >= 4 is 5.69 Å². The van der Waals surface area contributed by atoms with E-state index in [1.165, 1.54) is 6.42 Å². The lowest BCUT2D eigenvalue weighted by atomic mass is 10.3. The summed E-state index contributed by atoms with van der Waals surface area (Å²) in [6.45, 7) is 3.29. The van der Waals surface area contributed by atoms with Crippen LogP contribution in [0.25, 0.3) is 0 Å². The third kappa shape index (κ3) is 3.40. The second kappa shape index (κ2) is 5.72. The van der Waals surface area contributed by atoms with Crippen LogP contribution in [0.2, 0.25) is 0 Å². The molecule has 1 aromatic carbocycles. The summed E-state index contributed by atoms with van der Waals surface area (Å²) >= 11 is 0. The van der Waals surface area contributed by atoms with E-state index in [4.69, 9.17) is 15.3 Å². The Balaban J connectivity index is 1.69. The standard InChI is InChI=1S/C12H18N2O2/c13-11-3-5-12(6-4-11)15-10-8-14-7-1-2-9-16-14/h3-6H,1-2,7-10,13H2. The van der Waals surface area contributed by atoms with Gasteiger partial charge in [0.2, 0.25) is 0 Å². The normalized spacial score (nSPS) is 17.2. The van der Waals surface area contributed by atoms with Gasteiger partial charge < -0.3 is 10.5 Å². The van der Waals surface area contributed by atoms with Gasteiger partial charge in [-0.3, -0.25) is 4.84 Å². The predicted octanol–water partition coefficient (Wildman–Crippen LogP) is 1.68. The highest BCUT2D eigenvalue weighted by atomic mass is 16.7. The summed E-state index contributed by atoms with van der Waals surface area (Å²) < 4.78 is 5.59. The highest BCUT2D eigenvalue weighted by molar-refractivity contribution is 5.41. The molecule has 0 bridgehead atoms. The Morgan fingerprint density at radius 3 is 2.75 bits per heavy atom. The summed E-state index contributed by atoms with van der Waals surface area (Å²) in [4.78, 5) is 5.47. The largest absolute Gasteiger partial charge is 0.492 e. The molecule has 0 atom stereocenters. The molecule has 0 aromatic heterocycles. The number of nitrogen functional groups attached to an aromatic ring is 1. The lowest BCUT2D eigenvalue weighted by Crippen LogP contribution is -2.33. The van der Waals surface area contributed by atoms with Gasteiger partial charge in [-0.1, -0.05) is 0 Å². The van der Waals surface area contributed by atoms with Crippen LogP contribution in [0.4, 0.5) is 5.69 Å². The molecule has 0 aliphatic carbocycles.